The number of ether oxygens (including phenoxy) is 2. The zero-order chi connectivity index (χ0) is 20.8. The smallest absolute Gasteiger partial charge is 0.652 e. The van der Waals surface area contributed by atoms with Gasteiger partial charge >= 0.3 is 28.7 Å². The molecule has 29 heavy (non-hydrogen) atoms. The number of carboxylic acid groups (broad SMARTS) is 2. The molecule has 0 unspecified atom stereocenters. The molecular weight excluding hydrogens is 509 g/mol. The summed E-state index contributed by atoms with van der Waals surface area (Å²) in [7, 11) is 0. The first-order valence-electron chi connectivity index (χ1n) is 7.78. The van der Waals surface area contributed by atoms with Crippen molar-refractivity contribution in [3.8, 4) is 11.5 Å². The van der Waals surface area contributed by atoms with Crippen LogP contribution in [0.4, 0.5) is 18.0 Å². The summed E-state index contributed by atoms with van der Waals surface area (Å²) in [4.78, 5) is 20.1. The van der Waals surface area contributed by atoms with Crippen LogP contribution in [-0.4, -0.2) is 23.7 Å². The van der Waals surface area contributed by atoms with Crippen LogP contribution >= 0.6 is 11.8 Å². The van der Waals surface area contributed by atoms with Crippen LogP contribution in [0.15, 0.2) is 53.4 Å². The van der Waals surface area contributed by atoms with Gasteiger partial charge in [-0.2, -0.15) is 0 Å². The molecule has 0 N–H and O–H groups in total. The Balaban J connectivity index is 0.000000771. The third-order valence-electron chi connectivity index (χ3n) is 3.34. The quantitative estimate of drug-likeness (QED) is 0.327. The average Bonchev–Trinajstić information content (AvgIpc) is 3.34. The monoisotopic (exact) mass is 521 g/mol. The van der Waals surface area contributed by atoms with Crippen LogP contribution in [0.5, 0.6) is 11.5 Å². The van der Waals surface area contributed by atoms with E-state index in [0.29, 0.717) is 6.29 Å². The molecule has 0 aromatic heterocycles. The van der Waals surface area contributed by atoms with Gasteiger partial charge in [-0.15, -0.1) is 13.2 Å². The molecule has 2 aromatic rings. The Labute approximate surface area is 183 Å². The second-order valence-electron chi connectivity index (χ2n) is 5.54. The molecule has 6 nitrogen and oxygen atoms in total. The number of carbonyl (C=O) groups is 2. The number of alkyl halides is 3. The maximum Gasteiger partial charge on any atom is 2.00 e. The Hall–Kier alpha value is -2.14. The summed E-state index contributed by atoms with van der Waals surface area (Å²) in [6, 6.07) is 13.1. The van der Waals surface area contributed by atoms with Gasteiger partial charge in [0.15, 0.2) is 11.2 Å². The minimum atomic E-state index is -4.80. The van der Waals surface area contributed by atoms with Gasteiger partial charge in [0.1, 0.15) is 11.5 Å². The summed E-state index contributed by atoms with van der Waals surface area (Å²) in [5, 5.41) is 16.7. The van der Waals surface area contributed by atoms with E-state index in [9.17, 15) is 18.0 Å². The largest absolute Gasteiger partial charge is 2.00 e. The number of hydrogen-bond donors (Lipinski definition) is 0. The molecule has 0 bridgehead atoms. The third-order valence-corrected chi connectivity index (χ3v) is 4.71. The summed E-state index contributed by atoms with van der Waals surface area (Å²) >= 11 is 1.54. The zero-order valence-electron chi connectivity index (χ0n) is 14.4. The number of benzene rings is 2. The van der Waals surface area contributed by atoms with Gasteiger partial charge in [-0.25, -0.2) is 0 Å². The van der Waals surface area contributed by atoms with Crippen LogP contribution in [0.2, 0.25) is 0 Å². The molecule has 3 rings (SSSR count). The van der Waals surface area contributed by atoms with Crippen LogP contribution in [0.3, 0.4) is 0 Å². The molecule has 1 radical (unpaired) electrons. The summed E-state index contributed by atoms with van der Waals surface area (Å²) in [5.41, 5.74) is 0.0247. The van der Waals surface area contributed by atoms with Gasteiger partial charge in [-0.1, -0.05) is 30.0 Å². The average molecular weight is 522 g/mol. The van der Waals surface area contributed by atoms with Crippen molar-refractivity contribution >= 4 is 24.2 Å². The second kappa shape index (κ2) is 10.6. The molecule has 11 heteroatoms. The van der Waals surface area contributed by atoms with E-state index in [1.807, 2.05) is 30.3 Å². The van der Waals surface area contributed by atoms with Crippen molar-refractivity contribution in [2.45, 2.75) is 29.0 Å². The molecular formula is C18H13AgF3O6S. The number of carbonyl (C=O) groups excluding carboxylic acids is 2. The predicted molar refractivity (Wildman–Crippen MR) is 88.8 cm³/mol. The Kier molecular flexibility index (Phi) is 9.09. The first-order chi connectivity index (χ1) is 13.1. The van der Waals surface area contributed by atoms with Gasteiger partial charge in [0.05, 0.1) is 5.56 Å². The Morgan fingerprint density at radius 2 is 1.69 bits per heavy atom. The minimum absolute atomic E-state index is 0. The van der Waals surface area contributed by atoms with Gasteiger partial charge in [0, 0.05) is 17.7 Å². The molecule has 2 aromatic carbocycles. The molecule has 0 amide bonds. The molecule has 0 heterocycles. The fraction of sp³-hybridized carbons (Fsp3) is 0.222. The molecule has 0 saturated heterocycles. The van der Waals surface area contributed by atoms with E-state index in [0.717, 1.165) is 29.9 Å². The van der Waals surface area contributed by atoms with Crippen molar-refractivity contribution in [1.29, 1.82) is 0 Å². The van der Waals surface area contributed by atoms with E-state index in [-0.39, 0.29) is 33.7 Å². The van der Waals surface area contributed by atoms with Crippen molar-refractivity contribution in [2.24, 2.45) is 0 Å². The van der Waals surface area contributed by atoms with Crippen molar-refractivity contribution in [3.05, 3.63) is 54.1 Å². The standard InChI is InChI=1S/C17H13F3O3S.CH2O3.Ag/c18-17(19,20)22-13-6-7-15(12(10-13)11-21)23-16(8-9-16)24-14-4-2-1-3-5-14;2-1(3)4;/h1-7,10-11H,8-9H2;(H2,2,3,4);/q;;+2/p-2. The van der Waals surface area contributed by atoms with Crippen LogP contribution < -0.4 is 19.7 Å². The van der Waals surface area contributed by atoms with Crippen LogP contribution in [0.1, 0.15) is 23.2 Å². The molecule has 0 aliphatic heterocycles. The third kappa shape index (κ3) is 8.82. The summed E-state index contributed by atoms with van der Waals surface area (Å²) in [5.74, 6) is -0.196. The molecule has 1 saturated carbocycles. The van der Waals surface area contributed by atoms with Gasteiger partial charge in [-0.05, 0) is 36.5 Å². The number of rotatable bonds is 6. The van der Waals surface area contributed by atoms with E-state index < -0.39 is 23.2 Å². The first-order valence-corrected chi connectivity index (χ1v) is 8.60. The van der Waals surface area contributed by atoms with Crippen molar-refractivity contribution in [2.75, 3.05) is 0 Å². The molecule has 0 atom stereocenters. The second-order valence-corrected chi connectivity index (χ2v) is 6.96. The summed E-state index contributed by atoms with van der Waals surface area (Å²) in [6.45, 7) is 0. The molecule has 1 aliphatic carbocycles. The zero-order valence-corrected chi connectivity index (χ0v) is 16.7. The molecule has 0 spiro atoms. The van der Waals surface area contributed by atoms with Crippen molar-refractivity contribution in [3.63, 3.8) is 0 Å². The summed E-state index contributed by atoms with van der Waals surface area (Å²) in [6.07, 6.45) is -5.08. The van der Waals surface area contributed by atoms with Gasteiger partial charge in [0.25, 0.3) is 0 Å². The summed E-state index contributed by atoms with van der Waals surface area (Å²) < 4.78 is 46.5. The fourth-order valence-electron chi connectivity index (χ4n) is 2.14. The van der Waals surface area contributed by atoms with Crippen molar-refractivity contribution < 1.29 is 64.8 Å². The van der Waals surface area contributed by atoms with E-state index in [1.165, 1.54) is 17.8 Å². The van der Waals surface area contributed by atoms with Crippen LogP contribution in [0.25, 0.3) is 0 Å². The van der Waals surface area contributed by atoms with Gasteiger partial charge in [-0.3, -0.25) is 4.79 Å². The number of halogens is 3. The van der Waals surface area contributed by atoms with E-state index in [2.05, 4.69) is 4.74 Å². The Bertz CT molecular complexity index is 824. The van der Waals surface area contributed by atoms with Gasteiger partial charge < -0.3 is 24.5 Å². The van der Waals surface area contributed by atoms with E-state index in [1.54, 1.807) is 0 Å². The van der Waals surface area contributed by atoms with Crippen LogP contribution in [-0.2, 0) is 22.4 Å². The molecule has 1 fully saturated rings. The maximum absolute atomic E-state index is 12.3. The maximum atomic E-state index is 12.3. The van der Waals surface area contributed by atoms with Crippen molar-refractivity contribution in [1.82, 2.24) is 0 Å². The SMILES string of the molecule is O=C([O-])[O-].O=Cc1cc(OC(F)(F)F)ccc1OC1(Sc2ccccc2)CC1.[Ag+2]. The van der Waals surface area contributed by atoms with E-state index in [4.69, 9.17) is 19.7 Å². The number of thioether (sulfide) groups is 1. The fourth-order valence-corrected chi connectivity index (χ4v) is 3.30. The predicted octanol–water partition coefficient (Wildman–Crippen LogP) is 2.61. The Morgan fingerprint density at radius 1 is 1.10 bits per heavy atom. The first kappa shape index (κ1) is 24.9. The van der Waals surface area contributed by atoms with Crippen LogP contribution in [0, 0.1) is 0 Å². The molecule has 1 aliphatic rings. The minimum Gasteiger partial charge on any atom is -0.652 e. The number of aldehydes is 1. The molecule has 159 valence electrons. The van der Waals surface area contributed by atoms with Gasteiger partial charge in [0.2, 0.25) is 0 Å². The topological polar surface area (TPSA) is 98.7 Å². The van der Waals surface area contributed by atoms with E-state index >= 15 is 0 Å². The normalized spacial score (nSPS) is 13.8. The Morgan fingerprint density at radius 3 is 2.17 bits per heavy atom. The number of hydrogen-bond acceptors (Lipinski definition) is 7.